The maximum Gasteiger partial charge on any atom is 0.416 e. The van der Waals surface area contributed by atoms with E-state index in [-0.39, 0.29) is 16.5 Å². The number of hydrogen-bond donors (Lipinski definition) is 1. The van der Waals surface area contributed by atoms with Crippen molar-refractivity contribution >= 4 is 10.0 Å². The minimum atomic E-state index is -4.59. The van der Waals surface area contributed by atoms with E-state index in [1.54, 1.807) is 7.11 Å². The third kappa shape index (κ3) is 5.40. The number of methoxy groups -OCH3 is 1. The fourth-order valence-corrected chi connectivity index (χ4v) is 4.22. The predicted octanol–water partition coefficient (Wildman–Crippen LogP) is 2.40. The third-order valence-corrected chi connectivity index (χ3v) is 5.78. The number of halogens is 3. The highest BCUT2D eigenvalue weighted by molar-refractivity contribution is 7.89. The number of sulfonamides is 1. The summed E-state index contributed by atoms with van der Waals surface area (Å²) < 4.78 is 71.6. The number of benzene rings is 1. The minimum Gasteiger partial charge on any atom is -0.383 e. The van der Waals surface area contributed by atoms with Crippen molar-refractivity contribution in [3.05, 3.63) is 29.3 Å². The number of nitrogens with zero attached hydrogens (tertiary/aromatic N) is 1. The summed E-state index contributed by atoms with van der Waals surface area (Å²) in [5, 5.41) is 0. The molecule has 5 nitrogen and oxygen atoms in total. The summed E-state index contributed by atoms with van der Waals surface area (Å²) in [6, 6.07) is 2.76. The maximum absolute atomic E-state index is 13.0. The first kappa shape index (κ1) is 20.2. The molecule has 0 saturated carbocycles. The fourth-order valence-electron chi connectivity index (χ4n) is 2.94. The van der Waals surface area contributed by atoms with E-state index in [0.29, 0.717) is 32.2 Å². The van der Waals surface area contributed by atoms with Crippen LogP contribution in [0.3, 0.4) is 0 Å². The average Bonchev–Trinajstić information content (AvgIpc) is 2.52. The van der Waals surface area contributed by atoms with Gasteiger partial charge in [-0.15, -0.1) is 0 Å². The molecule has 1 heterocycles. The van der Waals surface area contributed by atoms with Crippen molar-refractivity contribution in [1.82, 2.24) is 9.62 Å². The first-order chi connectivity index (χ1) is 11.6. The van der Waals surface area contributed by atoms with Crippen molar-refractivity contribution in [2.24, 2.45) is 0 Å². The second kappa shape index (κ2) is 8.03. The fraction of sp³-hybridized carbons (Fsp3) is 0.625. The molecule has 2 rings (SSSR count). The van der Waals surface area contributed by atoms with Gasteiger partial charge in [0, 0.05) is 26.2 Å². The van der Waals surface area contributed by atoms with Crippen molar-refractivity contribution in [2.45, 2.75) is 36.9 Å². The van der Waals surface area contributed by atoms with Gasteiger partial charge in [0.05, 0.1) is 17.1 Å². The molecule has 1 aromatic carbocycles. The largest absolute Gasteiger partial charge is 0.416 e. The zero-order chi connectivity index (χ0) is 18.7. The lowest BCUT2D eigenvalue weighted by molar-refractivity contribution is -0.138. The lowest BCUT2D eigenvalue weighted by Gasteiger charge is -2.32. The number of alkyl halides is 3. The molecule has 142 valence electrons. The van der Waals surface area contributed by atoms with Crippen LogP contribution in [0.5, 0.6) is 0 Å². The van der Waals surface area contributed by atoms with E-state index < -0.39 is 21.8 Å². The number of likely N-dealkylation sites (tertiary alicyclic amines) is 1. The van der Waals surface area contributed by atoms with Crippen molar-refractivity contribution in [3.63, 3.8) is 0 Å². The SMILES string of the molecule is COCCN1CCCC(NS(=O)(=O)c2ccc(C)c(C(F)(F)F)c2)C1. The Kier molecular flexibility index (Phi) is 6.47. The van der Waals surface area contributed by atoms with Gasteiger partial charge >= 0.3 is 6.18 Å². The van der Waals surface area contributed by atoms with Crippen molar-refractivity contribution < 1.29 is 26.3 Å². The number of aryl methyl sites for hydroxylation is 1. The standard InChI is InChI=1S/C16H23F3N2O3S/c1-12-5-6-14(10-15(12)16(17,18)19)25(22,23)20-13-4-3-7-21(11-13)8-9-24-2/h5-6,10,13,20H,3-4,7-9,11H2,1-2H3. The highest BCUT2D eigenvalue weighted by Crippen LogP contribution is 2.33. The third-order valence-electron chi connectivity index (χ3n) is 4.26. The highest BCUT2D eigenvalue weighted by Gasteiger charge is 2.34. The van der Waals surface area contributed by atoms with Gasteiger partial charge in [0.25, 0.3) is 0 Å². The average molecular weight is 380 g/mol. The maximum atomic E-state index is 13.0. The van der Waals surface area contributed by atoms with Gasteiger partial charge in [0.15, 0.2) is 0 Å². The lowest BCUT2D eigenvalue weighted by Crippen LogP contribution is -2.48. The number of rotatable bonds is 6. The first-order valence-electron chi connectivity index (χ1n) is 8.05. The van der Waals surface area contributed by atoms with Crippen LogP contribution in [0.15, 0.2) is 23.1 Å². The van der Waals surface area contributed by atoms with Crippen LogP contribution in [0, 0.1) is 6.92 Å². The van der Waals surface area contributed by atoms with E-state index >= 15 is 0 Å². The summed E-state index contributed by atoms with van der Waals surface area (Å²) in [5.74, 6) is 0. The first-order valence-corrected chi connectivity index (χ1v) is 9.53. The molecule has 0 aromatic heterocycles. The summed E-state index contributed by atoms with van der Waals surface area (Å²) in [7, 11) is -2.41. The number of piperidine rings is 1. The van der Waals surface area contributed by atoms with Crippen LogP contribution in [-0.2, 0) is 20.9 Å². The molecule has 1 aliphatic rings. The molecule has 25 heavy (non-hydrogen) atoms. The number of hydrogen-bond acceptors (Lipinski definition) is 4. The van der Waals surface area contributed by atoms with Gasteiger partial charge in [0.2, 0.25) is 10.0 Å². The molecule has 1 aromatic rings. The molecule has 0 spiro atoms. The second-order valence-corrected chi connectivity index (χ2v) is 7.94. The molecule has 1 fully saturated rings. The monoisotopic (exact) mass is 380 g/mol. The van der Waals surface area contributed by atoms with E-state index in [0.717, 1.165) is 13.0 Å². The van der Waals surface area contributed by atoms with Crippen molar-refractivity contribution in [2.75, 3.05) is 33.4 Å². The second-order valence-electron chi connectivity index (χ2n) is 6.23. The topological polar surface area (TPSA) is 58.6 Å². The van der Waals surface area contributed by atoms with E-state index in [2.05, 4.69) is 9.62 Å². The van der Waals surface area contributed by atoms with Gasteiger partial charge in [-0.2, -0.15) is 13.2 Å². The van der Waals surface area contributed by atoms with Crippen LogP contribution < -0.4 is 4.72 Å². The van der Waals surface area contributed by atoms with Crippen LogP contribution in [-0.4, -0.2) is 52.7 Å². The molecule has 1 saturated heterocycles. The normalized spacial score (nSPS) is 20.0. The Bertz CT molecular complexity index is 692. The Morgan fingerprint density at radius 1 is 1.36 bits per heavy atom. The summed E-state index contributed by atoms with van der Waals surface area (Å²) in [4.78, 5) is 1.72. The Morgan fingerprint density at radius 3 is 2.72 bits per heavy atom. The molecule has 0 amide bonds. The quantitative estimate of drug-likeness (QED) is 0.823. The summed E-state index contributed by atoms with van der Waals surface area (Å²) in [6.07, 6.45) is -3.11. The molecular weight excluding hydrogens is 357 g/mol. The zero-order valence-corrected chi connectivity index (χ0v) is 15.1. The Labute approximate surface area is 146 Å². The summed E-state index contributed by atoms with van der Waals surface area (Å²) >= 11 is 0. The van der Waals surface area contributed by atoms with E-state index in [1.165, 1.54) is 19.1 Å². The van der Waals surface area contributed by atoms with E-state index in [9.17, 15) is 21.6 Å². The Hall–Kier alpha value is -1.16. The Balaban J connectivity index is 2.14. The molecule has 0 aliphatic carbocycles. The smallest absolute Gasteiger partial charge is 0.383 e. The molecule has 1 aliphatic heterocycles. The summed E-state index contributed by atoms with van der Waals surface area (Å²) in [6.45, 7) is 3.91. The molecule has 1 atom stereocenters. The van der Waals surface area contributed by atoms with Gasteiger partial charge < -0.3 is 4.74 Å². The van der Waals surface area contributed by atoms with Gasteiger partial charge in [-0.25, -0.2) is 13.1 Å². The molecule has 0 radical (unpaired) electrons. The van der Waals surface area contributed by atoms with Crippen molar-refractivity contribution in [1.29, 1.82) is 0 Å². The van der Waals surface area contributed by atoms with Gasteiger partial charge in [0.1, 0.15) is 0 Å². The molecule has 9 heteroatoms. The van der Waals surface area contributed by atoms with Crippen molar-refractivity contribution in [3.8, 4) is 0 Å². The number of ether oxygens (including phenoxy) is 1. The highest BCUT2D eigenvalue weighted by atomic mass is 32.2. The lowest BCUT2D eigenvalue weighted by atomic mass is 10.1. The van der Waals surface area contributed by atoms with Gasteiger partial charge in [-0.1, -0.05) is 6.07 Å². The number of nitrogens with one attached hydrogen (secondary N) is 1. The molecular formula is C16H23F3N2O3S. The molecule has 1 unspecified atom stereocenters. The van der Waals surface area contributed by atoms with Crippen LogP contribution in [0.2, 0.25) is 0 Å². The van der Waals surface area contributed by atoms with Crippen LogP contribution in [0.25, 0.3) is 0 Å². The van der Waals surface area contributed by atoms with Gasteiger partial charge in [-0.3, -0.25) is 4.90 Å². The summed E-state index contributed by atoms with van der Waals surface area (Å²) in [5.41, 5.74) is -0.935. The molecule has 1 N–H and O–H groups in total. The minimum absolute atomic E-state index is 0.00476. The van der Waals surface area contributed by atoms with E-state index in [1.807, 2.05) is 0 Å². The van der Waals surface area contributed by atoms with E-state index in [4.69, 9.17) is 4.74 Å². The predicted molar refractivity (Wildman–Crippen MR) is 87.8 cm³/mol. The van der Waals surface area contributed by atoms with Crippen LogP contribution in [0.4, 0.5) is 13.2 Å². The Morgan fingerprint density at radius 2 is 2.08 bits per heavy atom. The zero-order valence-electron chi connectivity index (χ0n) is 14.3. The van der Waals surface area contributed by atoms with Gasteiger partial charge in [-0.05, 0) is 44.0 Å². The van der Waals surface area contributed by atoms with Crippen LogP contribution in [0.1, 0.15) is 24.0 Å². The van der Waals surface area contributed by atoms with Crippen LogP contribution >= 0.6 is 0 Å². The molecule has 0 bridgehead atoms.